The van der Waals surface area contributed by atoms with Crippen molar-refractivity contribution in [2.45, 2.75) is 50.5 Å². The average molecular weight is 546 g/mol. The second-order valence-electron chi connectivity index (χ2n) is 8.33. The summed E-state index contributed by atoms with van der Waals surface area (Å²) in [6, 6.07) is 8.22. The van der Waals surface area contributed by atoms with Crippen molar-refractivity contribution >= 4 is 28.4 Å². The molecule has 0 aliphatic carbocycles. The number of benzene rings is 1. The highest BCUT2D eigenvalue weighted by atomic mass is 32.1. The van der Waals surface area contributed by atoms with E-state index in [0.29, 0.717) is 11.3 Å². The molecule has 1 aliphatic heterocycles. The number of H-pyrrole nitrogens is 1. The van der Waals surface area contributed by atoms with Crippen LogP contribution in [0.1, 0.15) is 47.3 Å². The molecule has 1 atom stereocenters. The summed E-state index contributed by atoms with van der Waals surface area (Å²) in [7, 11) is 0. The summed E-state index contributed by atoms with van der Waals surface area (Å²) in [5.41, 5.74) is -3.02. The van der Waals surface area contributed by atoms with Gasteiger partial charge in [-0.3, -0.25) is 4.79 Å². The number of nitrogens with zero attached hydrogens (tertiary/aromatic N) is 3. The third-order valence-corrected chi connectivity index (χ3v) is 7.17. The van der Waals surface area contributed by atoms with Crippen LogP contribution in [0.5, 0.6) is 5.75 Å². The predicted octanol–water partition coefficient (Wildman–Crippen LogP) is 5.43. The van der Waals surface area contributed by atoms with Gasteiger partial charge in [0.25, 0.3) is 5.91 Å². The Balaban J connectivity index is 1.70. The smallest absolute Gasteiger partial charge is 0.416 e. The fourth-order valence-corrected chi connectivity index (χ4v) is 5.04. The van der Waals surface area contributed by atoms with Crippen LogP contribution in [0.15, 0.2) is 36.4 Å². The summed E-state index contributed by atoms with van der Waals surface area (Å²) in [5.74, 6) is -1.03. The maximum Gasteiger partial charge on any atom is 0.416 e. The summed E-state index contributed by atoms with van der Waals surface area (Å²) < 4.78 is 86.3. The lowest BCUT2D eigenvalue weighted by molar-refractivity contribution is -0.201. The van der Waals surface area contributed by atoms with E-state index in [-0.39, 0.29) is 41.3 Å². The molecule has 37 heavy (non-hydrogen) atoms. The number of aryl methyl sites for hydroxylation is 1. The molecule has 0 radical (unpaired) electrons. The van der Waals surface area contributed by atoms with Crippen molar-refractivity contribution in [3.05, 3.63) is 57.5 Å². The highest BCUT2D eigenvalue weighted by molar-refractivity contribution is 7.13. The number of hydrogen-bond donors (Lipinski definition) is 2. The molecular formula is C23H21F6N5O2S. The first-order valence-electron chi connectivity index (χ1n) is 11.2. The average Bonchev–Trinajstić information content (AvgIpc) is 3.52. The van der Waals surface area contributed by atoms with Gasteiger partial charge in [-0.2, -0.15) is 31.6 Å². The molecule has 1 aliphatic rings. The number of amides is 1. The number of ether oxygens (including phenoxy) is 1. The van der Waals surface area contributed by atoms with Crippen molar-refractivity contribution < 1.29 is 35.9 Å². The molecule has 0 spiro atoms. The van der Waals surface area contributed by atoms with Crippen molar-refractivity contribution in [2.75, 3.05) is 6.61 Å². The minimum atomic E-state index is -4.91. The molecule has 2 aromatic heterocycles. The van der Waals surface area contributed by atoms with Crippen molar-refractivity contribution in [1.29, 1.82) is 0 Å². The van der Waals surface area contributed by atoms with Gasteiger partial charge in [0.15, 0.2) is 5.54 Å². The summed E-state index contributed by atoms with van der Waals surface area (Å²) in [5, 5.41) is 15.4. The van der Waals surface area contributed by atoms with Gasteiger partial charge in [-0.05, 0) is 53.5 Å². The van der Waals surface area contributed by atoms with Gasteiger partial charge in [-0.15, -0.1) is 21.5 Å². The van der Waals surface area contributed by atoms with Crippen LogP contribution in [0, 0.1) is 0 Å². The number of aromatic nitrogens is 4. The number of tetrazole rings is 1. The van der Waals surface area contributed by atoms with Gasteiger partial charge < -0.3 is 10.1 Å². The quantitative estimate of drug-likeness (QED) is 0.291. The van der Waals surface area contributed by atoms with Crippen molar-refractivity contribution in [1.82, 2.24) is 25.9 Å². The number of thiophene rings is 1. The van der Waals surface area contributed by atoms with Gasteiger partial charge >= 0.3 is 12.4 Å². The number of nitrogens with one attached hydrogen (secondary N) is 2. The second kappa shape index (κ2) is 10.1. The largest absolute Gasteiger partial charge is 0.494 e. The Morgan fingerprint density at radius 3 is 2.38 bits per heavy atom. The third-order valence-electron chi connectivity index (χ3n) is 5.88. The van der Waals surface area contributed by atoms with Crippen LogP contribution in [-0.2, 0) is 16.8 Å². The van der Waals surface area contributed by atoms with Crippen molar-refractivity contribution in [3.8, 4) is 5.75 Å². The van der Waals surface area contributed by atoms with E-state index < -0.39 is 36.6 Å². The third kappa shape index (κ3) is 5.63. The molecule has 3 aromatic rings. The molecule has 0 saturated heterocycles. The molecular weight excluding hydrogens is 524 g/mol. The molecule has 1 amide bonds. The zero-order valence-corrected chi connectivity index (χ0v) is 20.2. The van der Waals surface area contributed by atoms with Gasteiger partial charge in [0.2, 0.25) is 5.82 Å². The number of rotatable bonds is 8. The highest BCUT2D eigenvalue weighted by Gasteiger charge is 2.60. The molecule has 7 nitrogen and oxygen atoms in total. The molecule has 4 rings (SSSR count). The van der Waals surface area contributed by atoms with Gasteiger partial charge in [0, 0.05) is 22.6 Å². The van der Waals surface area contributed by atoms with E-state index in [0.717, 1.165) is 17.0 Å². The molecule has 14 heteroatoms. The highest BCUT2D eigenvalue weighted by Crippen LogP contribution is 2.50. The number of halogens is 6. The number of carbonyl (C=O) groups excluding carboxylic acids is 1. The van der Waals surface area contributed by atoms with Crippen LogP contribution in [0.4, 0.5) is 26.3 Å². The lowest BCUT2D eigenvalue weighted by atomic mass is 9.78. The number of hydrogen-bond acceptors (Lipinski definition) is 6. The lowest BCUT2D eigenvalue weighted by Crippen LogP contribution is -2.58. The molecule has 2 N–H and O–H groups in total. The Bertz CT molecular complexity index is 1270. The summed E-state index contributed by atoms with van der Waals surface area (Å²) in [6.07, 6.45) is -10.5. The first-order chi connectivity index (χ1) is 17.4. The van der Waals surface area contributed by atoms with E-state index in [1.54, 1.807) is 12.1 Å². The van der Waals surface area contributed by atoms with Crippen LogP contribution in [0.2, 0.25) is 0 Å². The Morgan fingerprint density at radius 2 is 1.81 bits per heavy atom. The summed E-state index contributed by atoms with van der Waals surface area (Å²) >= 11 is 1.27. The molecule has 1 aromatic carbocycles. The Kier molecular flexibility index (Phi) is 7.31. The molecule has 3 heterocycles. The minimum Gasteiger partial charge on any atom is -0.494 e. The van der Waals surface area contributed by atoms with Crippen LogP contribution < -0.4 is 10.1 Å². The van der Waals surface area contributed by atoms with E-state index in [9.17, 15) is 31.1 Å². The van der Waals surface area contributed by atoms with Crippen LogP contribution in [-0.4, -0.2) is 45.5 Å². The van der Waals surface area contributed by atoms with Gasteiger partial charge in [0.05, 0.1) is 12.2 Å². The fourth-order valence-electron chi connectivity index (χ4n) is 4.04. The number of carbonyl (C=O) groups is 1. The topological polar surface area (TPSA) is 92.8 Å². The Hall–Kier alpha value is -3.42. The normalized spacial score (nSPS) is 18.7. The predicted molar refractivity (Wildman–Crippen MR) is 122 cm³/mol. The van der Waals surface area contributed by atoms with Crippen LogP contribution >= 0.6 is 11.3 Å². The van der Waals surface area contributed by atoms with E-state index >= 15 is 0 Å². The first-order valence-corrected chi connectivity index (χ1v) is 12.0. The van der Waals surface area contributed by atoms with Gasteiger partial charge in [-0.25, -0.2) is 0 Å². The molecule has 0 bridgehead atoms. The van der Waals surface area contributed by atoms with E-state index in [2.05, 4.69) is 25.9 Å². The van der Waals surface area contributed by atoms with Crippen LogP contribution in [0.3, 0.4) is 0 Å². The van der Waals surface area contributed by atoms with E-state index in [4.69, 9.17) is 4.74 Å². The van der Waals surface area contributed by atoms with Crippen molar-refractivity contribution in [3.63, 3.8) is 0 Å². The number of aromatic amines is 1. The standard InChI is InChI=1S/C23H21F6N5O2S/c1-2-15-8-9-17(37-15)16-12-21(23(27,28)29,30-20(35)18(16)19-31-33-34-32-19)13-4-6-14(7-5-13)36-11-3-10-22(24,25)26/h4-9H,2-3,10-12H2,1H3,(H,30,35)(H,31,32,33,34). The molecule has 0 saturated carbocycles. The monoisotopic (exact) mass is 545 g/mol. The number of alkyl halides is 6. The maximum absolute atomic E-state index is 14.7. The zero-order chi connectivity index (χ0) is 26.8. The molecule has 0 fully saturated rings. The van der Waals surface area contributed by atoms with Gasteiger partial charge in [-0.1, -0.05) is 19.1 Å². The van der Waals surface area contributed by atoms with Crippen LogP contribution in [0.25, 0.3) is 11.1 Å². The van der Waals surface area contributed by atoms with E-state index in [1.165, 1.54) is 23.5 Å². The Morgan fingerprint density at radius 1 is 1.08 bits per heavy atom. The lowest BCUT2D eigenvalue weighted by Gasteiger charge is -2.41. The summed E-state index contributed by atoms with van der Waals surface area (Å²) in [4.78, 5) is 14.6. The molecule has 1 unspecified atom stereocenters. The minimum absolute atomic E-state index is 0.109. The summed E-state index contributed by atoms with van der Waals surface area (Å²) in [6.45, 7) is 1.66. The van der Waals surface area contributed by atoms with Gasteiger partial charge in [0.1, 0.15) is 5.75 Å². The van der Waals surface area contributed by atoms with E-state index in [1.807, 2.05) is 6.92 Å². The Labute approximate surface area is 210 Å². The SMILES string of the molecule is CCc1ccc(C2=C(c3nn[nH]n3)C(=O)NC(c3ccc(OCCCC(F)(F)F)cc3)(C(F)(F)F)C2)s1. The fraction of sp³-hybridized carbons (Fsp3) is 0.391. The first kappa shape index (κ1) is 26.6. The second-order valence-corrected chi connectivity index (χ2v) is 9.50. The van der Waals surface area contributed by atoms with Crippen molar-refractivity contribution in [2.24, 2.45) is 0 Å². The maximum atomic E-state index is 14.7. The molecule has 198 valence electrons. The zero-order valence-electron chi connectivity index (χ0n) is 19.3.